The van der Waals surface area contributed by atoms with Crippen molar-refractivity contribution in [3.05, 3.63) is 78.0 Å². The fourth-order valence-corrected chi connectivity index (χ4v) is 3.75. The summed E-state index contributed by atoms with van der Waals surface area (Å²) < 4.78 is 15.5. The molecule has 7 heteroatoms. The number of rotatable bonds is 3. The number of hydrogen-bond donors (Lipinski definition) is 0. The lowest BCUT2D eigenvalue weighted by Gasteiger charge is -2.19. The summed E-state index contributed by atoms with van der Waals surface area (Å²) in [7, 11) is 0. The van der Waals surface area contributed by atoms with E-state index in [1.807, 2.05) is 32.9 Å². The van der Waals surface area contributed by atoms with Gasteiger partial charge in [-0.05, 0) is 54.8 Å². The second-order valence-electron chi connectivity index (χ2n) is 7.52. The first-order chi connectivity index (χ1) is 15.6. The molecule has 0 N–H and O–H groups in total. The number of carbonyl (C=O) groups excluding carboxylic acids is 1. The second-order valence-corrected chi connectivity index (χ2v) is 7.52. The Labute approximate surface area is 186 Å². The maximum atomic E-state index is 13.9. The van der Waals surface area contributed by atoms with Crippen molar-refractivity contribution in [2.24, 2.45) is 5.92 Å². The molecule has 1 unspecified atom stereocenters. The summed E-state index contributed by atoms with van der Waals surface area (Å²) in [4.78, 5) is 25.9. The van der Waals surface area contributed by atoms with Gasteiger partial charge in [-0.2, -0.15) is 0 Å². The molecule has 6 nitrogen and oxygen atoms in total. The van der Waals surface area contributed by atoms with Gasteiger partial charge in [-0.15, -0.1) is 5.10 Å². The molecule has 0 amide bonds. The van der Waals surface area contributed by atoms with E-state index in [0.29, 0.717) is 35.0 Å². The zero-order valence-electron chi connectivity index (χ0n) is 18.3. The van der Waals surface area contributed by atoms with Gasteiger partial charge in [0, 0.05) is 29.9 Å². The number of fused-ring (bicyclic) bond motifs is 1. The SMILES string of the molecule is CC.CC1CC(=O)c2ccc(-c3nc(-c4cccnc4)nn3-c3cccc(F)c3)nc2C1. The molecular weight excluding hydrogens is 405 g/mol. The zero-order valence-corrected chi connectivity index (χ0v) is 18.3. The van der Waals surface area contributed by atoms with E-state index in [2.05, 4.69) is 15.1 Å². The molecule has 32 heavy (non-hydrogen) atoms. The summed E-state index contributed by atoms with van der Waals surface area (Å²) in [5.41, 5.74) is 3.31. The summed E-state index contributed by atoms with van der Waals surface area (Å²) in [6, 6.07) is 13.4. The summed E-state index contributed by atoms with van der Waals surface area (Å²) in [6.07, 6.45) is 4.63. The second kappa shape index (κ2) is 9.18. The van der Waals surface area contributed by atoms with Crippen molar-refractivity contribution in [1.82, 2.24) is 24.7 Å². The van der Waals surface area contributed by atoms with Crippen molar-refractivity contribution in [1.29, 1.82) is 0 Å². The third-order valence-electron chi connectivity index (χ3n) is 5.16. The van der Waals surface area contributed by atoms with Crippen molar-refractivity contribution < 1.29 is 9.18 Å². The number of benzene rings is 1. The third-order valence-corrected chi connectivity index (χ3v) is 5.16. The van der Waals surface area contributed by atoms with E-state index < -0.39 is 0 Å². The minimum absolute atomic E-state index is 0.116. The highest BCUT2D eigenvalue weighted by Gasteiger charge is 2.25. The van der Waals surface area contributed by atoms with E-state index in [1.165, 1.54) is 12.1 Å². The average Bonchev–Trinajstić information content (AvgIpc) is 3.26. The Morgan fingerprint density at radius 1 is 1.03 bits per heavy atom. The minimum atomic E-state index is -0.366. The van der Waals surface area contributed by atoms with Crippen molar-refractivity contribution in [2.45, 2.75) is 33.6 Å². The van der Waals surface area contributed by atoms with E-state index in [0.717, 1.165) is 17.7 Å². The van der Waals surface area contributed by atoms with Crippen LogP contribution in [0.5, 0.6) is 0 Å². The molecule has 0 saturated carbocycles. The number of carbonyl (C=O) groups is 1. The quantitative estimate of drug-likeness (QED) is 0.441. The van der Waals surface area contributed by atoms with Crippen LogP contribution >= 0.6 is 0 Å². The van der Waals surface area contributed by atoms with Crippen LogP contribution in [0.4, 0.5) is 4.39 Å². The van der Waals surface area contributed by atoms with E-state index in [4.69, 9.17) is 4.98 Å². The van der Waals surface area contributed by atoms with Gasteiger partial charge in [0.25, 0.3) is 0 Å². The lowest BCUT2D eigenvalue weighted by atomic mass is 9.87. The Balaban J connectivity index is 0.00000119. The van der Waals surface area contributed by atoms with Gasteiger partial charge in [0.2, 0.25) is 0 Å². The van der Waals surface area contributed by atoms with Crippen LogP contribution in [0, 0.1) is 11.7 Å². The first kappa shape index (κ1) is 21.5. The number of ketones is 1. The Hall–Kier alpha value is -3.74. The van der Waals surface area contributed by atoms with E-state index >= 15 is 0 Å². The highest BCUT2D eigenvalue weighted by molar-refractivity contribution is 5.98. The van der Waals surface area contributed by atoms with Gasteiger partial charge in [-0.25, -0.2) is 19.0 Å². The van der Waals surface area contributed by atoms with Gasteiger partial charge in [0.1, 0.15) is 11.5 Å². The first-order valence-electron chi connectivity index (χ1n) is 10.8. The van der Waals surface area contributed by atoms with Crippen LogP contribution in [0.15, 0.2) is 60.9 Å². The monoisotopic (exact) mass is 429 g/mol. The summed E-state index contributed by atoms with van der Waals surface area (Å²) in [5.74, 6) is 0.944. The minimum Gasteiger partial charge on any atom is -0.294 e. The molecule has 0 saturated heterocycles. The number of nitrogens with zero attached hydrogens (tertiary/aromatic N) is 5. The lowest BCUT2D eigenvalue weighted by Crippen LogP contribution is -2.19. The molecule has 0 aliphatic heterocycles. The van der Waals surface area contributed by atoms with Crippen LogP contribution in [0.1, 0.15) is 43.2 Å². The fraction of sp³-hybridized carbons (Fsp3) is 0.240. The zero-order chi connectivity index (χ0) is 22.7. The molecule has 4 aromatic rings. The summed E-state index contributed by atoms with van der Waals surface area (Å²) in [5, 5.41) is 4.60. The van der Waals surface area contributed by atoms with Crippen LogP contribution in [-0.2, 0) is 6.42 Å². The van der Waals surface area contributed by atoms with Crippen molar-refractivity contribution in [3.8, 4) is 28.6 Å². The van der Waals surface area contributed by atoms with E-state index in [1.54, 1.807) is 41.3 Å². The molecule has 1 aliphatic rings. The highest BCUT2D eigenvalue weighted by atomic mass is 19.1. The van der Waals surface area contributed by atoms with E-state index in [9.17, 15) is 9.18 Å². The molecule has 3 heterocycles. The molecule has 162 valence electrons. The van der Waals surface area contributed by atoms with Crippen LogP contribution in [-0.4, -0.2) is 30.5 Å². The molecule has 1 aliphatic carbocycles. The smallest absolute Gasteiger partial charge is 0.183 e. The number of pyridine rings is 2. The average molecular weight is 429 g/mol. The van der Waals surface area contributed by atoms with Gasteiger partial charge in [0.05, 0.1) is 11.4 Å². The van der Waals surface area contributed by atoms with Crippen molar-refractivity contribution >= 4 is 5.78 Å². The Bertz CT molecular complexity index is 1250. The largest absolute Gasteiger partial charge is 0.294 e. The maximum Gasteiger partial charge on any atom is 0.183 e. The molecular formula is C25H24FN5O. The van der Waals surface area contributed by atoms with Gasteiger partial charge >= 0.3 is 0 Å². The Morgan fingerprint density at radius 3 is 2.62 bits per heavy atom. The summed E-state index contributed by atoms with van der Waals surface area (Å²) in [6.45, 7) is 6.05. The van der Waals surface area contributed by atoms with Gasteiger partial charge in [-0.1, -0.05) is 26.8 Å². The van der Waals surface area contributed by atoms with Crippen molar-refractivity contribution in [2.75, 3.05) is 0 Å². The summed E-state index contributed by atoms with van der Waals surface area (Å²) >= 11 is 0. The third kappa shape index (κ3) is 4.19. The normalized spacial score (nSPS) is 15.0. The van der Waals surface area contributed by atoms with Crippen LogP contribution in [0.2, 0.25) is 0 Å². The Morgan fingerprint density at radius 2 is 1.88 bits per heavy atom. The van der Waals surface area contributed by atoms with E-state index in [-0.39, 0.29) is 17.5 Å². The van der Waals surface area contributed by atoms with Gasteiger partial charge in [-0.3, -0.25) is 9.78 Å². The number of Topliss-reactive ketones (excluding diaryl/α,β-unsaturated/α-hetero) is 1. The lowest BCUT2D eigenvalue weighted by molar-refractivity contribution is 0.0952. The number of hydrogen-bond acceptors (Lipinski definition) is 5. The topological polar surface area (TPSA) is 73.6 Å². The molecule has 3 aromatic heterocycles. The van der Waals surface area contributed by atoms with Gasteiger partial charge in [0.15, 0.2) is 17.4 Å². The number of aromatic nitrogens is 5. The maximum absolute atomic E-state index is 13.9. The molecule has 1 atom stereocenters. The molecule has 1 aromatic carbocycles. The molecule has 5 rings (SSSR count). The predicted octanol–water partition coefficient (Wildman–Crippen LogP) is 5.32. The molecule has 0 fully saturated rings. The predicted molar refractivity (Wildman–Crippen MR) is 121 cm³/mol. The van der Waals surface area contributed by atoms with Gasteiger partial charge < -0.3 is 0 Å². The highest BCUT2D eigenvalue weighted by Crippen LogP contribution is 2.29. The Kier molecular flexibility index (Phi) is 6.16. The van der Waals surface area contributed by atoms with Crippen LogP contribution in [0.25, 0.3) is 28.6 Å². The number of halogens is 1. The molecule has 0 spiro atoms. The fourth-order valence-electron chi connectivity index (χ4n) is 3.75. The van der Waals surface area contributed by atoms with Crippen LogP contribution < -0.4 is 0 Å². The van der Waals surface area contributed by atoms with Crippen LogP contribution in [0.3, 0.4) is 0 Å². The van der Waals surface area contributed by atoms with Crippen molar-refractivity contribution in [3.63, 3.8) is 0 Å². The molecule has 0 bridgehead atoms. The molecule has 0 radical (unpaired) electrons. The standard InChI is InChI=1S/C23H18FN5O.C2H6/c1-14-10-20-18(21(30)11-14)7-8-19(26-20)23-27-22(15-4-3-9-25-13-15)28-29(23)17-6-2-5-16(24)12-17;1-2/h2-9,12-14H,10-11H2,1H3;1-2H3. The first-order valence-corrected chi connectivity index (χ1v) is 10.8.